The highest BCUT2D eigenvalue weighted by molar-refractivity contribution is 8.13. The predicted molar refractivity (Wildman–Crippen MR) is 130 cm³/mol. The fraction of sp³-hybridized carbons (Fsp3) is 0. The number of nitrogens with zero attached hydrogens (tertiary/aromatic N) is 8. The van der Waals surface area contributed by atoms with E-state index in [9.17, 15) is 16.8 Å². The molecule has 1 aromatic carbocycles. The van der Waals surface area contributed by atoms with Crippen molar-refractivity contribution in [1.29, 1.82) is 0 Å². The summed E-state index contributed by atoms with van der Waals surface area (Å²) in [4.78, 5) is 4.39. The zero-order valence-electron chi connectivity index (χ0n) is 17.9. The van der Waals surface area contributed by atoms with Crippen molar-refractivity contribution >= 4 is 63.5 Å². The molecule has 5 heterocycles. The lowest BCUT2D eigenvalue weighted by Gasteiger charge is -2.25. The number of sulfonamides is 1. The van der Waals surface area contributed by atoms with Crippen molar-refractivity contribution in [1.82, 2.24) is 34.2 Å². The Morgan fingerprint density at radius 2 is 1.47 bits per heavy atom. The van der Waals surface area contributed by atoms with Crippen molar-refractivity contribution in [3.05, 3.63) is 79.1 Å². The first-order valence-corrected chi connectivity index (χ1v) is 14.0. The minimum absolute atomic E-state index is 0.0613. The standard InChI is InChI=1S/C21H13ClN8O4S2/c22-35(31,32)21-27-25-17-10-4-11-18(29(17)21)30(15-8-3-6-14-7-5-12-23-19(14)15)36(33,34)20-26-24-16-9-1-2-13-28(16)20/h1-13H. The molecule has 0 radical (unpaired) electrons. The predicted octanol–water partition coefficient (Wildman–Crippen LogP) is 2.77. The van der Waals surface area contributed by atoms with Crippen molar-refractivity contribution in [2.24, 2.45) is 0 Å². The van der Waals surface area contributed by atoms with Gasteiger partial charge >= 0.3 is 10.0 Å². The van der Waals surface area contributed by atoms with Gasteiger partial charge in [0.05, 0.1) is 11.2 Å². The summed E-state index contributed by atoms with van der Waals surface area (Å²) in [6.07, 6.45) is 3.03. The second kappa shape index (κ2) is 7.94. The number of pyridine rings is 3. The van der Waals surface area contributed by atoms with Crippen molar-refractivity contribution in [3.63, 3.8) is 0 Å². The molecule has 0 saturated carbocycles. The Bertz CT molecular complexity index is 2020. The first kappa shape index (κ1) is 22.3. The van der Waals surface area contributed by atoms with E-state index in [1.54, 1.807) is 48.5 Å². The van der Waals surface area contributed by atoms with Crippen molar-refractivity contribution in [2.45, 2.75) is 10.3 Å². The maximum absolute atomic E-state index is 14.3. The Morgan fingerprint density at radius 3 is 2.31 bits per heavy atom. The highest BCUT2D eigenvalue weighted by Gasteiger charge is 2.35. The smallest absolute Gasteiger partial charge is 0.272 e. The molecule has 180 valence electrons. The SMILES string of the molecule is O=S(=O)(Cl)c1nnc2cccc(N(c3cccc4cccnc34)S(=O)(=O)c3nnc4ccccn34)n12. The number of hydrogen-bond donors (Lipinski definition) is 0. The molecule has 0 N–H and O–H groups in total. The molecule has 0 atom stereocenters. The zero-order chi connectivity index (χ0) is 25.1. The Balaban J connectivity index is 1.75. The van der Waals surface area contributed by atoms with E-state index >= 15 is 0 Å². The quantitative estimate of drug-likeness (QED) is 0.301. The van der Waals surface area contributed by atoms with Crippen LogP contribution in [0.15, 0.2) is 89.4 Å². The van der Waals surface area contributed by atoms with Crippen LogP contribution in [0.3, 0.4) is 0 Å². The molecule has 0 fully saturated rings. The van der Waals surface area contributed by atoms with Crippen molar-refractivity contribution in [2.75, 3.05) is 4.31 Å². The number of anilines is 2. The molecule has 5 aromatic heterocycles. The van der Waals surface area contributed by atoms with Crippen LogP contribution in [0.2, 0.25) is 0 Å². The van der Waals surface area contributed by atoms with E-state index in [-0.39, 0.29) is 17.2 Å². The van der Waals surface area contributed by atoms with Gasteiger partial charge in [0.25, 0.3) is 19.4 Å². The maximum Gasteiger partial charge on any atom is 0.306 e. The second-order valence-electron chi connectivity index (χ2n) is 7.53. The number of rotatable bonds is 5. The Morgan fingerprint density at radius 1 is 0.750 bits per heavy atom. The number of benzene rings is 1. The lowest BCUT2D eigenvalue weighted by atomic mass is 10.2. The van der Waals surface area contributed by atoms with Crippen LogP contribution in [-0.4, -0.2) is 51.0 Å². The largest absolute Gasteiger partial charge is 0.306 e. The summed E-state index contributed by atoms with van der Waals surface area (Å²) in [7, 11) is -3.32. The molecule has 0 spiro atoms. The first-order chi connectivity index (χ1) is 17.3. The molecule has 12 nitrogen and oxygen atoms in total. The Labute approximate surface area is 207 Å². The molecule has 0 unspecified atom stereocenters. The lowest BCUT2D eigenvalue weighted by Crippen LogP contribution is -2.30. The molecular weight excluding hydrogens is 528 g/mol. The van der Waals surface area contributed by atoms with Crippen LogP contribution in [0.4, 0.5) is 11.5 Å². The minimum atomic E-state index is -4.55. The molecule has 0 saturated heterocycles. The summed E-state index contributed by atoms with van der Waals surface area (Å²) in [5.41, 5.74) is 0.850. The normalized spacial score (nSPS) is 12.5. The van der Waals surface area contributed by atoms with Crippen molar-refractivity contribution < 1.29 is 16.8 Å². The summed E-state index contributed by atoms with van der Waals surface area (Å²) in [5, 5.41) is 15.1. The molecule has 36 heavy (non-hydrogen) atoms. The third-order valence-corrected chi connectivity index (χ3v) is 8.11. The summed E-state index contributed by atoms with van der Waals surface area (Å²) in [6.45, 7) is 0. The van der Waals surface area contributed by atoms with Gasteiger partial charge in [0, 0.05) is 28.5 Å². The average Bonchev–Trinajstić information content (AvgIpc) is 3.50. The molecular formula is C21H13ClN8O4S2. The monoisotopic (exact) mass is 540 g/mol. The van der Waals surface area contributed by atoms with Crippen LogP contribution in [0.1, 0.15) is 0 Å². The molecule has 6 rings (SSSR count). The van der Waals surface area contributed by atoms with Gasteiger partial charge in [0.15, 0.2) is 11.3 Å². The van der Waals surface area contributed by atoms with Crippen LogP contribution in [0.5, 0.6) is 0 Å². The van der Waals surface area contributed by atoms with E-state index in [1.165, 1.54) is 35.0 Å². The zero-order valence-corrected chi connectivity index (χ0v) is 20.3. The van der Waals surface area contributed by atoms with Gasteiger partial charge in [-0.05, 0) is 36.4 Å². The fourth-order valence-corrected chi connectivity index (χ4v) is 6.27. The fourth-order valence-electron chi connectivity index (χ4n) is 3.92. The van der Waals surface area contributed by atoms with E-state index in [0.717, 1.165) is 8.71 Å². The Hall–Kier alpha value is -4.14. The second-order valence-corrected chi connectivity index (χ2v) is 11.7. The van der Waals surface area contributed by atoms with Gasteiger partial charge in [-0.25, -0.2) is 17.1 Å². The van der Waals surface area contributed by atoms with Gasteiger partial charge in [-0.2, -0.15) is 8.42 Å². The van der Waals surface area contributed by atoms with Gasteiger partial charge in [-0.15, -0.1) is 20.4 Å². The van der Waals surface area contributed by atoms with Gasteiger partial charge in [-0.3, -0.25) is 9.38 Å². The van der Waals surface area contributed by atoms with Crippen LogP contribution < -0.4 is 4.31 Å². The number of fused-ring (bicyclic) bond motifs is 3. The molecule has 0 aliphatic heterocycles. The summed E-state index contributed by atoms with van der Waals surface area (Å²) < 4.78 is 56.6. The van der Waals surface area contributed by atoms with Crippen LogP contribution in [0.25, 0.3) is 22.2 Å². The number of halogens is 1. The van der Waals surface area contributed by atoms with E-state index in [1.807, 2.05) is 0 Å². The molecule has 6 aromatic rings. The van der Waals surface area contributed by atoms with E-state index in [4.69, 9.17) is 10.7 Å². The molecule has 0 bridgehead atoms. The van der Waals surface area contributed by atoms with Gasteiger partial charge < -0.3 is 0 Å². The molecule has 0 aliphatic rings. The van der Waals surface area contributed by atoms with E-state index in [2.05, 4.69) is 25.4 Å². The van der Waals surface area contributed by atoms with E-state index in [0.29, 0.717) is 16.6 Å². The average molecular weight is 541 g/mol. The lowest BCUT2D eigenvalue weighted by molar-refractivity contribution is 0.583. The van der Waals surface area contributed by atoms with Crippen LogP contribution >= 0.6 is 10.7 Å². The minimum Gasteiger partial charge on any atom is -0.272 e. The number of aromatic nitrogens is 7. The number of hydrogen-bond acceptors (Lipinski definition) is 9. The third kappa shape index (κ3) is 3.37. The highest BCUT2D eigenvalue weighted by Crippen LogP contribution is 2.37. The maximum atomic E-state index is 14.3. The van der Waals surface area contributed by atoms with Gasteiger partial charge in [0.1, 0.15) is 5.82 Å². The summed E-state index contributed by atoms with van der Waals surface area (Å²) in [6, 6.07) is 17.8. The van der Waals surface area contributed by atoms with Crippen LogP contribution in [0, 0.1) is 0 Å². The van der Waals surface area contributed by atoms with Gasteiger partial charge in [0.2, 0.25) is 0 Å². The van der Waals surface area contributed by atoms with Gasteiger partial charge in [-0.1, -0.05) is 30.3 Å². The van der Waals surface area contributed by atoms with Crippen LogP contribution in [-0.2, 0) is 19.1 Å². The Kier molecular flexibility index (Phi) is 4.93. The third-order valence-electron chi connectivity index (χ3n) is 5.39. The number of para-hydroxylation sites is 1. The molecule has 15 heteroatoms. The van der Waals surface area contributed by atoms with Crippen molar-refractivity contribution in [3.8, 4) is 0 Å². The van der Waals surface area contributed by atoms with E-state index < -0.39 is 29.4 Å². The molecule has 0 amide bonds. The summed E-state index contributed by atoms with van der Waals surface area (Å²) >= 11 is 0. The molecule has 0 aliphatic carbocycles. The highest BCUT2D eigenvalue weighted by atomic mass is 35.7. The summed E-state index contributed by atoms with van der Waals surface area (Å²) in [5.74, 6) is -0.123. The first-order valence-electron chi connectivity index (χ1n) is 10.2. The topological polar surface area (TPSA) is 145 Å².